The zero-order valence-corrected chi connectivity index (χ0v) is 6.99. The monoisotopic (exact) mass is 157 g/mol. The van der Waals surface area contributed by atoms with Crippen molar-refractivity contribution in [3.8, 4) is 6.07 Å². The van der Waals surface area contributed by atoms with Gasteiger partial charge in [0.15, 0.2) is 0 Å². The van der Waals surface area contributed by atoms with Crippen molar-refractivity contribution in [3.05, 3.63) is 11.1 Å². The standard InChI is InChI=1S/C8H12ClN/c1-2-3-4-5-8(9)6-7-10/h5H,2-4,6H2,1H3/b8-5-. The zero-order valence-electron chi connectivity index (χ0n) is 6.23. The molecule has 0 spiro atoms. The highest BCUT2D eigenvalue weighted by molar-refractivity contribution is 6.29. The fraction of sp³-hybridized carbons (Fsp3) is 0.625. The van der Waals surface area contributed by atoms with Crippen LogP contribution in [0.25, 0.3) is 0 Å². The molecule has 0 atom stereocenters. The normalized spacial score (nSPS) is 11.1. The summed E-state index contributed by atoms with van der Waals surface area (Å²) in [5, 5.41) is 8.89. The summed E-state index contributed by atoms with van der Waals surface area (Å²) >= 11 is 5.66. The van der Waals surface area contributed by atoms with E-state index < -0.39 is 0 Å². The maximum atomic E-state index is 8.22. The van der Waals surface area contributed by atoms with Crippen LogP contribution in [0.5, 0.6) is 0 Å². The lowest BCUT2D eigenvalue weighted by atomic mass is 10.2. The predicted octanol–water partition coefficient (Wildman–Crippen LogP) is 3.21. The lowest BCUT2D eigenvalue weighted by molar-refractivity contribution is 0.812. The number of unbranched alkanes of at least 4 members (excludes halogenated alkanes) is 2. The van der Waals surface area contributed by atoms with Crippen LogP contribution in [0.3, 0.4) is 0 Å². The van der Waals surface area contributed by atoms with Gasteiger partial charge in [-0.2, -0.15) is 5.26 Å². The SMILES string of the molecule is CCCC/C=C(\Cl)CC#N. The van der Waals surface area contributed by atoms with Gasteiger partial charge in [-0.3, -0.25) is 0 Å². The molecule has 0 aromatic carbocycles. The van der Waals surface area contributed by atoms with Crippen molar-refractivity contribution in [2.75, 3.05) is 0 Å². The van der Waals surface area contributed by atoms with Gasteiger partial charge in [-0.05, 0) is 6.42 Å². The number of rotatable bonds is 4. The summed E-state index contributed by atoms with van der Waals surface area (Å²) in [5.74, 6) is 0. The smallest absolute Gasteiger partial charge is 0.0706 e. The Morgan fingerprint density at radius 2 is 2.40 bits per heavy atom. The third-order valence-corrected chi connectivity index (χ3v) is 1.46. The molecule has 2 heteroatoms. The van der Waals surface area contributed by atoms with Crippen LogP contribution < -0.4 is 0 Å². The summed E-state index contributed by atoms with van der Waals surface area (Å²) < 4.78 is 0. The largest absolute Gasteiger partial charge is 0.198 e. The summed E-state index contributed by atoms with van der Waals surface area (Å²) in [4.78, 5) is 0. The van der Waals surface area contributed by atoms with Crippen LogP contribution in [0.4, 0.5) is 0 Å². The Hall–Kier alpha value is -0.480. The Balaban J connectivity index is 3.40. The van der Waals surface area contributed by atoms with Crippen LogP contribution in [0, 0.1) is 11.3 Å². The minimum absolute atomic E-state index is 0.352. The molecule has 0 unspecified atom stereocenters. The van der Waals surface area contributed by atoms with Gasteiger partial charge in [-0.25, -0.2) is 0 Å². The Morgan fingerprint density at radius 1 is 1.70 bits per heavy atom. The Morgan fingerprint density at radius 3 is 2.90 bits per heavy atom. The molecule has 0 heterocycles. The van der Waals surface area contributed by atoms with E-state index in [1.165, 1.54) is 6.42 Å². The maximum absolute atomic E-state index is 8.22. The van der Waals surface area contributed by atoms with E-state index in [0.717, 1.165) is 12.8 Å². The second-order valence-electron chi connectivity index (χ2n) is 2.13. The Kier molecular flexibility index (Phi) is 6.32. The molecule has 0 saturated heterocycles. The molecule has 0 aromatic heterocycles. The highest BCUT2D eigenvalue weighted by Crippen LogP contribution is 2.08. The van der Waals surface area contributed by atoms with E-state index in [1.807, 2.05) is 12.1 Å². The van der Waals surface area contributed by atoms with Crippen molar-refractivity contribution in [1.29, 1.82) is 5.26 Å². The molecule has 56 valence electrons. The van der Waals surface area contributed by atoms with Gasteiger partial charge in [-0.1, -0.05) is 37.4 Å². The highest BCUT2D eigenvalue weighted by Gasteiger charge is 1.88. The van der Waals surface area contributed by atoms with E-state index in [1.54, 1.807) is 0 Å². The molecule has 0 aromatic rings. The molecule has 0 bridgehead atoms. The van der Waals surface area contributed by atoms with E-state index in [0.29, 0.717) is 11.5 Å². The van der Waals surface area contributed by atoms with Gasteiger partial charge >= 0.3 is 0 Å². The maximum Gasteiger partial charge on any atom is 0.0706 e. The van der Waals surface area contributed by atoms with E-state index in [9.17, 15) is 0 Å². The van der Waals surface area contributed by atoms with Crippen molar-refractivity contribution >= 4 is 11.6 Å². The minimum atomic E-state index is 0.352. The van der Waals surface area contributed by atoms with Gasteiger partial charge in [0.2, 0.25) is 0 Å². The third kappa shape index (κ3) is 5.65. The average molecular weight is 158 g/mol. The quantitative estimate of drug-likeness (QED) is 0.575. The molecular formula is C8H12ClN. The van der Waals surface area contributed by atoms with Crippen molar-refractivity contribution in [2.24, 2.45) is 0 Å². The second kappa shape index (κ2) is 6.64. The number of hydrogen-bond donors (Lipinski definition) is 0. The van der Waals surface area contributed by atoms with Gasteiger partial charge in [0.25, 0.3) is 0 Å². The number of halogens is 1. The van der Waals surface area contributed by atoms with Crippen molar-refractivity contribution in [3.63, 3.8) is 0 Å². The predicted molar refractivity (Wildman–Crippen MR) is 43.7 cm³/mol. The summed E-state index contributed by atoms with van der Waals surface area (Å²) in [6, 6.07) is 1.99. The first-order chi connectivity index (χ1) is 4.81. The zero-order chi connectivity index (χ0) is 7.82. The summed E-state index contributed by atoms with van der Waals surface area (Å²) in [7, 11) is 0. The number of allylic oxidation sites excluding steroid dienone is 2. The second-order valence-corrected chi connectivity index (χ2v) is 2.61. The first-order valence-electron chi connectivity index (χ1n) is 3.52. The molecule has 0 aliphatic rings. The van der Waals surface area contributed by atoms with Crippen LogP contribution in [-0.4, -0.2) is 0 Å². The Labute approximate surface area is 67.3 Å². The lowest BCUT2D eigenvalue weighted by Gasteiger charge is -1.90. The van der Waals surface area contributed by atoms with Gasteiger partial charge in [0.05, 0.1) is 12.5 Å². The van der Waals surface area contributed by atoms with Crippen LogP contribution in [0.1, 0.15) is 32.6 Å². The molecule has 1 nitrogen and oxygen atoms in total. The van der Waals surface area contributed by atoms with Crippen LogP contribution in [0.2, 0.25) is 0 Å². The van der Waals surface area contributed by atoms with Crippen LogP contribution >= 0.6 is 11.6 Å². The Bertz CT molecular complexity index is 144. The molecule has 0 saturated carbocycles. The molecule has 10 heavy (non-hydrogen) atoms. The molecular weight excluding hydrogens is 146 g/mol. The van der Waals surface area contributed by atoms with Crippen molar-refractivity contribution in [2.45, 2.75) is 32.6 Å². The molecule has 0 fully saturated rings. The van der Waals surface area contributed by atoms with Gasteiger partial charge in [0.1, 0.15) is 0 Å². The summed E-state index contributed by atoms with van der Waals surface area (Å²) in [5.41, 5.74) is 0. The van der Waals surface area contributed by atoms with Crippen molar-refractivity contribution < 1.29 is 0 Å². The third-order valence-electron chi connectivity index (χ3n) is 1.17. The topological polar surface area (TPSA) is 23.8 Å². The average Bonchev–Trinajstić information content (AvgIpc) is 1.89. The lowest BCUT2D eigenvalue weighted by Crippen LogP contribution is -1.71. The van der Waals surface area contributed by atoms with E-state index in [4.69, 9.17) is 16.9 Å². The molecule has 0 aliphatic heterocycles. The number of hydrogen-bond acceptors (Lipinski definition) is 1. The van der Waals surface area contributed by atoms with Crippen LogP contribution in [0.15, 0.2) is 11.1 Å². The van der Waals surface area contributed by atoms with Crippen LogP contribution in [-0.2, 0) is 0 Å². The fourth-order valence-corrected chi connectivity index (χ4v) is 0.779. The first kappa shape index (κ1) is 9.52. The molecule has 0 radical (unpaired) electrons. The highest BCUT2D eigenvalue weighted by atomic mass is 35.5. The summed E-state index contributed by atoms with van der Waals surface area (Å²) in [6.07, 6.45) is 5.60. The molecule has 0 N–H and O–H groups in total. The van der Waals surface area contributed by atoms with E-state index in [2.05, 4.69) is 6.92 Å². The number of nitriles is 1. The van der Waals surface area contributed by atoms with Gasteiger partial charge in [-0.15, -0.1) is 0 Å². The van der Waals surface area contributed by atoms with E-state index in [-0.39, 0.29) is 0 Å². The first-order valence-corrected chi connectivity index (χ1v) is 3.90. The van der Waals surface area contributed by atoms with Gasteiger partial charge in [0, 0.05) is 5.03 Å². The molecule has 0 rings (SSSR count). The van der Waals surface area contributed by atoms with E-state index >= 15 is 0 Å². The van der Waals surface area contributed by atoms with Crippen molar-refractivity contribution in [1.82, 2.24) is 0 Å². The number of nitrogens with zero attached hydrogens (tertiary/aromatic N) is 1. The fourth-order valence-electron chi connectivity index (χ4n) is 0.610. The minimum Gasteiger partial charge on any atom is -0.198 e. The summed E-state index contributed by atoms with van der Waals surface area (Å²) in [6.45, 7) is 2.13. The molecule has 0 aliphatic carbocycles. The van der Waals surface area contributed by atoms with Gasteiger partial charge < -0.3 is 0 Å². The molecule has 0 amide bonds.